The van der Waals surface area contributed by atoms with Crippen LogP contribution in [0.25, 0.3) is 0 Å². The molecule has 1 saturated heterocycles. The predicted molar refractivity (Wildman–Crippen MR) is 90.3 cm³/mol. The van der Waals surface area contributed by atoms with Crippen molar-refractivity contribution in [3.63, 3.8) is 0 Å². The second kappa shape index (κ2) is 7.63. The van der Waals surface area contributed by atoms with Crippen LogP contribution in [-0.4, -0.2) is 41.1 Å². The number of piperidine rings is 1. The predicted octanol–water partition coefficient (Wildman–Crippen LogP) is 1.79. The van der Waals surface area contributed by atoms with Gasteiger partial charge in [0, 0.05) is 6.54 Å². The van der Waals surface area contributed by atoms with Crippen LogP contribution in [0.3, 0.4) is 0 Å². The van der Waals surface area contributed by atoms with Gasteiger partial charge in [-0.15, -0.1) is 5.10 Å². The summed E-state index contributed by atoms with van der Waals surface area (Å²) < 4.78 is 6.90. The number of methoxy groups -OCH3 is 1. The number of ether oxygens (including phenoxy) is 1. The van der Waals surface area contributed by atoms with Crippen LogP contribution in [0, 0.1) is 0 Å². The molecule has 0 spiro atoms. The van der Waals surface area contributed by atoms with Gasteiger partial charge in [-0.3, -0.25) is 4.79 Å². The Morgan fingerprint density at radius 3 is 2.96 bits per heavy atom. The highest BCUT2D eigenvalue weighted by molar-refractivity contribution is 6.32. The van der Waals surface area contributed by atoms with Crippen LogP contribution in [-0.2, 0) is 6.54 Å². The molecule has 2 heterocycles. The minimum atomic E-state index is -0.248. The molecule has 7 nitrogen and oxygen atoms in total. The molecule has 0 radical (unpaired) electrons. The Morgan fingerprint density at radius 1 is 1.46 bits per heavy atom. The van der Waals surface area contributed by atoms with E-state index in [1.54, 1.807) is 30.1 Å². The Hall–Kier alpha value is -2.12. The fourth-order valence-corrected chi connectivity index (χ4v) is 3.00. The topological polar surface area (TPSA) is 81.1 Å². The molecule has 0 aliphatic carbocycles. The highest BCUT2D eigenvalue weighted by Crippen LogP contribution is 2.24. The van der Waals surface area contributed by atoms with Gasteiger partial charge >= 0.3 is 0 Å². The summed E-state index contributed by atoms with van der Waals surface area (Å²) in [6.45, 7) is 2.29. The monoisotopic (exact) mass is 349 g/mol. The smallest absolute Gasteiger partial charge is 0.273 e. The molecule has 2 N–H and O–H groups in total. The van der Waals surface area contributed by atoms with Crippen LogP contribution in [0.2, 0.25) is 5.02 Å². The number of rotatable bonds is 5. The Kier molecular flexibility index (Phi) is 5.32. The van der Waals surface area contributed by atoms with Gasteiger partial charge in [0.1, 0.15) is 5.75 Å². The number of benzene rings is 1. The highest BCUT2D eigenvalue weighted by Gasteiger charge is 2.18. The van der Waals surface area contributed by atoms with Crippen LogP contribution < -0.4 is 15.4 Å². The zero-order chi connectivity index (χ0) is 16.9. The zero-order valence-corrected chi connectivity index (χ0v) is 14.2. The van der Waals surface area contributed by atoms with Crippen molar-refractivity contribution in [2.45, 2.75) is 25.4 Å². The van der Waals surface area contributed by atoms with Crippen molar-refractivity contribution in [3.05, 3.63) is 40.7 Å². The summed E-state index contributed by atoms with van der Waals surface area (Å²) in [5.74, 6) is 0.360. The van der Waals surface area contributed by atoms with Crippen molar-refractivity contribution in [2.75, 3.05) is 20.2 Å². The van der Waals surface area contributed by atoms with Gasteiger partial charge in [-0.05, 0) is 43.6 Å². The normalized spacial score (nSPS) is 15.2. The number of hydrogen-bond acceptors (Lipinski definition) is 5. The molecular formula is C16H20ClN5O2. The van der Waals surface area contributed by atoms with E-state index < -0.39 is 0 Å². The third-order valence-corrected chi connectivity index (χ3v) is 4.39. The lowest BCUT2D eigenvalue weighted by molar-refractivity contribution is 0.0946. The van der Waals surface area contributed by atoms with Gasteiger partial charge in [-0.1, -0.05) is 22.9 Å². The molecule has 0 saturated carbocycles. The van der Waals surface area contributed by atoms with Crippen LogP contribution in [0.4, 0.5) is 0 Å². The van der Waals surface area contributed by atoms with E-state index in [0.717, 1.165) is 31.5 Å². The van der Waals surface area contributed by atoms with Crippen LogP contribution in [0.1, 0.15) is 34.9 Å². The lowest BCUT2D eigenvalue weighted by atomic mass is 10.1. The van der Waals surface area contributed by atoms with E-state index in [0.29, 0.717) is 29.1 Å². The molecule has 1 aliphatic heterocycles. The highest BCUT2D eigenvalue weighted by atomic mass is 35.5. The first-order chi connectivity index (χ1) is 11.7. The van der Waals surface area contributed by atoms with E-state index in [1.165, 1.54) is 0 Å². The fraction of sp³-hybridized carbons (Fsp3) is 0.438. The SMILES string of the molecule is COc1ccc(CNC(=O)c2cn(C3CCNCC3)nn2)cc1Cl. The number of hydrogen-bond donors (Lipinski definition) is 2. The standard InChI is InChI=1S/C16H20ClN5O2/c1-24-15-3-2-11(8-13(15)17)9-19-16(23)14-10-22(21-20-14)12-4-6-18-7-5-12/h2-3,8,10,12,18H,4-7,9H2,1H3,(H,19,23). The molecule has 24 heavy (non-hydrogen) atoms. The summed E-state index contributed by atoms with van der Waals surface area (Å²) in [5, 5.41) is 14.7. The molecule has 0 atom stereocenters. The minimum absolute atomic E-state index is 0.248. The van der Waals surface area contributed by atoms with Crippen molar-refractivity contribution in [2.24, 2.45) is 0 Å². The maximum absolute atomic E-state index is 12.2. The van der Waals surface area contributed by atoms with Crippen LogP contribution in [0.5, 0.6) is 5.75 Å². The third-order valence-electron chi connectivity index (χ3n) is 4.09. The molecule has 1 aromatic heterocycles. The Labute approximate surface area is 145 Å². The molecular weight excluding hydrogens is 330 g/mol. The summed E-state index contributed by atoms with van der Waals surface area (Å²) >= 11 is 6.08. The second-order valence-electron chi connectivity index (χ2n) is 5.72. The first kappa shape index (κ1) is 16.7. The Bertz CT molecular complexity index is 712. The van der Waals surface area contributed by atoms with E-state index >= 15 is 0 Å². The molecule has 128 valence electrons. The lowest BCUT2D eigenvalue weighted by Crippen LogP contribution is -2.29. The Balaban J connectivity index is 1.59. The summed E-state index contributed by atoms with van der Waals surface area (Å²) in [6.07, 6.45) is 3.70. The molecule has 2 aromatic rings. The Morgan fingerprint density at radius 2 is 2.25 bits per heavy atom. The fourth-order valence-electron chi connectivity index (χ4n) is 2.72. The molecule has 1 amide bonds. The van der Waals surface area contributed by atoms with Crippen LogP contribution >= 0.6 is 11.6 Å². The van der Waals surface area contributed by atoms with Gasteiger partial charge in [0.2, 0.25) is 0 Å². The van der Waals surface area contributed by atoms with Gasteiger partial charge in [-0.25, -0.2) is 4.68 Å². The maximum atomic E-state index is 12.2. The first-order valence-electron chi connectivity index (χ1n) is 7.90. The van der Waals surface area contributed by atoms with Gasteiger partial charge < -0.3 is 15.4 Å². The first-order valence-corrected chi connectivity index (χ1v) is 8.28. The second-order valence-corrected chi connectivity index (χ2v) is 6.12. The van der Waals surface area contributed by atoms with E-state index in [1.807, 2.05) is 6.07 Å². The van der Waals surface area contributed by atoms with Crippen molar-refractivity contribution >= 4 is 17.5 Å². The molecule has 1 fully saturated rings. The molecule has 1 aromatic carbocycles. The van der Waals surface area contributed by atoms with Crippen molar-refractivity contribution in [1.82, 2.24) is 25.6 Å². The largest absolute Gasteiger partial charge is 0.495 e. The molecule has 8 heteroatoms. The van der Waals surface area contributed by atoms with Crippen molar-refractivity contribution in [3.8, 4) is 5.75 Å². The summed E-state index contributed by atoms with van der Waals surface area (Å²) in [7, 11) is 1.56. The zero-order valence-electron chi connectivity index (χ0n) is 13.5. The molecule has 1 aliphatic rings. The summed E-state index contributed by atoms with van der Waals surface area (Å²) in [4.78, 5) is 12.2. The lowest BCUT2D eigenvalue weighted by Gasteiger charge is -2.22. The van der Waals surface area contributed by atoms with Gasteiger partial charge in [0.05, 0.1) is 24.4 Å². The quantitative estimate of drug-likeness (QED) is 0.860. The van der Waals surface area contributed by atoms with Crippen LogP contribution in [0.15, 0.2) is 24.4 Å². The number of amides is 1. The number of nitrogens with one attached hydrogen (secondary N) is 2. The summed E-state index contributed by atoms with van der Waals surface area (Å²) in [5.41, 5.74) is 1.22. The number of aromatic nitrogens is 3. The average Bonchev–Trinajstić information content (AvgIpc) is 3.11. The van der Waals surface area contributed by atoms with E-state index in [-0.39, 0.29) is 5.91 Å². The van der Waals surface area contributed by atoms with E-state index in [2.05, 4.69) is 20.9 Å². The summed E-state index contributed by atoms with van der Waals surface area (Å²) in [6, 6.07) is 5.71. The number of halogens is 1. The van der Waals surface area contributed by atoms with Gasteiger partial charge in [0.25, 0.3) is 5.91 Å². The minimum Gasteiger partial charge on any atom is -0.495 e. The molecule has 0 bridgehead atoms. The van der Waals surface area contributed by atoms with E-state index in [9.17, 15) is 4.79 Å². The van der Waals surface area contributed by atoms with Gasteiger partial charge in [-0.2, -0.15) is 0 Å². The van der Waals surface area contributed by atoms with Crippen molar-refractivity contribution in [1.29, 1.82) is 0 Å². The van der Waals surface area contributed by atoms with Gasteiger partial charge in [0.15, 0.2) is 5.69 Å². The molecule has 0 unspecified atom stereocenters. The van der Waals surface area contributed by atoms with E-state index in [4.69, 9.17) is 16.3 Å². The third kappa shape index (κ3) is 3.85. The molecule has 3 rings (SSSR count). The average molecular weight is 350 g/mol. The number of carbonyl (C=O) groups is 1. The number of nitrogens with zero attached hydrogens (tertiary/aromatic N) is 3. The number of carbonyl (C=O) groups excluding carboxylic acids is 1. The van der Waals surface area contributed by atoms with Crippen molar-refractivity contribution < 1.29 is 9.53 Å². The maximum Gasteiger partial charge on any atom is 0.273 e.